The molecule has 1 aliphatic rings. The summed E-state index contributed by atoms with van der Waals surface area (Å²) in [5, 5.41) is 7.36. The summed E-state index contributed by atoms with van der Waals surface area (Å²) in [6.07, 6.45) is 5.09. The van der Waals surface area contributed by atoms with E-state index in [-0.39, 0.29) is 5.91 Å². The molecule has 0 unspecified atom stereocenters. The molecule has 1 aliphatic heterocycles. The lowest BCUT2D eigenvalue weighted by Gasteiger charge is -2.32. The van der Waals surface area contributed by atoms with Crippen molar-refractivity contribution >= 4 is 5.91 Å². The Kier molecular flexibility index (Phi) is 6.45. The molecule has 0 saturated carbocycles. The number of nitrogens with zero attached hydrogens (tertiary/aromatic N) is 3. The minimum absolute atomic E-state index is 0.0102. The maximum absolute atomic E-state index is 12.4. The smallest absolute Gasteiger partial charge is 0.254 e. The lowest BCUT2D eigenvalue weighted by molar-refractivity contribution is 0.0945. The number of aryl methyl sites for hydroxylation is 1. The van der Waals surface area contributed by atoms with E-state index in [1.54, 1.807) is 6.20 Å². The van der Waals surface area contributed by atoms with E-state index in [2.05, 4.69) is 52.6 Å². The second kappa shape index (κ2) is 8.99. The van der Waals surface area contributed by atoms with Gasteiger partial charge in [-0.2, -0.15) is 5.10 Å². The number of nitrogens with one attached hydrogen (secondary N) is 1. The predicted octanol–water partition coefficient (Wildman–Crippen LogP) is 3.21. The van der Waals surface area contributed by atoms with Crippen LogP contribution in [0.15, 0.2) is 36.5 Å². The van der Waals surface area contributed by atoms with Crippen LogP contribution in [0.4, 0.5) is 0 Å². The van der Waals surface area contributed by atoms with Gasteiger partial charge in [0.25, 0.3) is 5.91 Å². The molecule has 0 atom stereocenters. The van der Waals surface area contributed by atoms with Gasteiger partial charge in [-0.25, -0.2) is 0 Å². The molecule has 1 fully saturated rings. The van der Waals surface area contributed by atoms with Crippen LogP contribution in [0.1, 0.15) is 53.7 Å². The maximum atomic E-state index is 12.4. The van der Waals surface area contributed by atoms with Crippen molar-refractivity contribution in [3.8, 4) is 0 Å². The van der Waals surface area contributed by atoms with E-state index in [1.807, 2.05) is 11.6 Å². The molecule has 0 radical (unpaired) electrons. The third kappa shape index (κ3) is 4.52. The number of carbonyl (C=O) groups is 1. The van der Waals surface area contributed by atoms with Gasteiger partial charge in [-0.15, -0.1) is 0 Å². The molecular formula is C21H30N4O. The van der Waals surface area contributed by atoms with Crippen molar-refractivity contribution in [1.29, 1.82) is 0 Å². The van der Waals surface area contributed by atoms with Crippen molar-refractivity contribution in [2.24, 2.45) is 0 Å². The van der Waals surface area contributed by atoms with E-state index in [1.165, 1.54) is 18.4 Å². The standard InChI is InChI=1S/C21H30N4O/c1-3-12-25-17(2)20(16-23-25)21(26)22-11-15-24-13-9-19(10-14-24)18-7-5-4-6-8-18/h4-8,16,19H,3,9-15H2,1-2H3,(H,22,26). The van der Waals surface area contributed by atoms with Gasteiger partial charge in [0.05, 0.1) is 11.8 Å². The number of benzene rings is 1. The number of amides is 1. The van der Waals surface area contributed by atoms with Crippen LogP contribution < -0.4 is 5.32 Å². The van der Waals surface area contributed by atoms with Gasteiger partial charge < -0.3 is 10.2 Å². The first-order valence-electron chi connectivity index (χ1n) is 9.77. The Bertz CT molecular complexity index is 702. The average molecular weight is 354 g/mol. The third-order valence-corrected chi connectivity index (χ3v) is 5.36. The first-order valence-corrected chi connectivity index (χ1v) is 9.77. The van der Waals surface area contributed by atoms with Crippen LogP contribution in [0, 0.1) is 6.92 Å². The van der Waals surface area contributed by atoms with Crippen LogP contribution in [-0.2, 0) is 6.54 Å². The fourth-order valence-electron chi connectivity index (χ4n) is 3.74. The van der Waals surface area contributed by atoms with Crippen molar-refractivity contribution in [2.75, 3.05) is 26.2 Å². The Labute approximate surface area is 156 Å². The molecular weight excluding hydrogens is 324 g/mol. The Morgan fingerprint density at radius 3 is 2.62 bits per heavy atom. The van der Waals surface area contributed by atoms with Gasteiger partial charge in [-0.3, -0.25) is 9.48 Å². The van der Waals surface area contributed by atoms with Crippen LogP contribution >= 0.6 is 0 Å². The van der Waals surface area contributed by atoms with Crippen LogP contribution in [0.3, 0.4) is 0 Å². The Morgan fingerprint density at radius 2 is 1.92 bits per heavy atom. The number of likely N-dealkylation sites (tertiary alicyclic amines) is 1. The van der Waals surface area contributed by atoms with Gasteiger partial charge in [0.2, 0.25) is 0 Å². The highest BCUT2D eigenvalue weighted by Crippen LogP contribution is 2.27. The molecule has 2 heterocycles. The lowest BCUT2D eigenvalue weighted by atomic mass is 9.89. The first kappa shape index (κ1) is 18.6. The number of hydrogen-bond donors (Lipinski definition) is 1. The number of carbonyl (C=O) groups excluding carboxylic acids is 1. The van der Waals surface area contributed by atoms with Crippen molar-refractivity contribution in [2.45, 2.75) is 45.6 Å². The summed E-state index contributed by atoms with van der Waals surface area (Å²) in [7, 11) is 0. The van der Waals surface area contributed by atoms with Crippen molar-refractivity contribution in [3.63, 3.8) is 0 Å². The summed E-state index contributed by atoms with van der Waals surface area (Å²) in [5.74, 6) is 0.665. The highest BCUT2D eigenvalue weighted by atomic mass is 16.1. The van der Waals surface area contributed by atoms with Crippen LogP contribution in [0.5, 0.6) is 0 Å². The van der Waals surface area contributed by atoms with Crippen LogP contribution in [0.2, 0.25) is 0 Å². The minimum atomic E-state index is -0.0102. The zero-order valence-corrected chi connectivity index (χ0v) is 15.9. The summed E-state index contributed by atoms with van der Waals surface area (Å²) in [5.41, 5.74) is 3.11. The molecule has 1 N–H and O–H groups in total. The lowest BCUT2D eigenvalue weighted by Crippen LogP contribution is -2.39. The molecule has 5 heteroatoms. The molecule has 5 nitrogen and oxygen atoms in total. The summed E-state index contributed by atoms with van der Waals surface area (Å²) in [6, 6.07) is 10.8. The highest BCUT2D eigenvalue weighted by Gasteiger charge is 2.20. The van der Waals surface area contributed by atoms with E-state index >= 15 is 0 Å². The molecule has 140 valence electrons. The zero-order valence-electron chi connectivity index (χ0n) is 15.9. The van der Waals surface area contributed by atoms with Crippen molar-refractivity contribution in [3.05, 3.63) is 53.3 Å². The molecule has 1 aromatic heterocycles. The summed E-state index contributed by atoms with van der Waals surface area (Å²) < 4.78 is 1.91. The van der Waals surface area contributed by atoms with Gasteiger partial charge in [0.15, 0.2) is 0 Å². The second-order valence-corrected chi connectivity index (χ2v) is 7.15. The summed E-state index contributed by atoms with van der Waals surface area (Å²) in [4.78, 5) is 14.8. The minimum Gasteiger partial charge on any atom is -0.351 e. The fourth-order valence-corrected chi connectivity index (χ4v) is 3.74. The fraction of sp³-hybridized carbons (Fsp3) is 0.524. The molecule has 1 amide bonds. The van der Waals surface area contributed by atoms with Gasteiger partial charge in [0.1, 0.15) is 0 Å². The summed E-state index contributed by atoms with van der Waals surface area (Å²) in [6.45, 7) is 8.73. The SMILES string of the molecule is CCCn1ncc(C(=O)NCCN2CCC(c3ccccc3)CC2)c1C. The predicted molar refractivity (Wildman–Crippen MR) is 104 cm³/mol. The normalized spacial score (nSPS) is 15.9. The second-order valence-electron chi connectivity index (χ2n) is 7.15. The monoisotopic (exact) mass is 354 g/mol. The van der Waals surface area contributed by atoms with E-state index in [0.717, 1.165) is 38.3 Å². The van der Waals surface area contributed by atoms with E-state index < -0.39 is 0 Å². The molecule has 3 rings (SSSR count). The Hall–Kier alpha value is -2.14. The first-order chi connectivity index (χ1) is 12.7. The molecule has 1 saturated heterocycles. The molecule has 26 heavy (non-hydrogen) atoms. The number of aromatic nitrogens is 2. The zero-order chi connectivity index (χ0) is 18.4. The molecule has 0 bridgehead atoms. The topological polar surface area (TPSA) is 50.2 Å². The van der Waals surface area contributed by atoms with Crippen molar-refractivity contribution in [1.82, 2.24) is 20.0 Å². The van der Waals surface area contributed by atoms with E-state index in [9.17, 15) is 4.79 Å². The maximum Gasteiger partial charge on any atom is 0.254 e. The van der Waals surface area contributed by atoms with E-state index in [0.29, 0.717) is 18.0 Å². The van der Waals surface area contributed by atoms with Gasteiger partial charge >= 0.3 is 0 Å². The average Bonchev–Trinajstić information content (AvgIpc) is 3.04. The third-order valence-electron chi connectivity index (χ3n) is 5.36. The van der Waals surface area contributed by atoms with Gasteiger partial charge in [-0.05, 0) is 50.8 Å². The molecule has 0 spiro atoms. The van der Waals surface area contributed by atoms with E-state index in [4.69, 9.17) is 0 Å². The van der Waals surface area contributed by atoms with Gasteiger partial charge in [-0.1, -0.05) is 37.3 Å². The molecule has 0 aliphatic carbocycles. The number of rotatable bonds is 7. The Morgan fingerprint density at radius 1 is 1.19 bits per heavy atom. The van der Waals surface area contributed by atoms with Crippen LogP contribution in [0.25, 0.3) is 0 Å². The molecule has 1 aromatic carbocycles. The molecule has 2 aromatic rings. The van der Waals surface area contributed by atoms with Crippen LogP contribution in [-0.4, -0.2) is 46.8 Å². The quantitative estimate of drug-likeness (QED) is 0.831. The van der Waals surface area contributed by atoms with Crippen molar-refractivity contribution < 1.29 is 4.79 Å². The highest BCUT2D eigenvalue weighted by molar-refractivity contribution is 5.95. The number of hydrogen-bond acceptors (Lipinski definition) is 3. The summed E-state index contributed by atoms with van der Waals surface area (Å²) >= 11 is 0. The number of piperidine rings is 1. The van der Waals surface area contributed by atoms with Gasteiger partial charge in [0, 0.05) is 25.3 Å². The Balaban J connectivity index is 1.41. The largest absolute Gasteiger partial charge is 0.351 e.